The number of hydrogen-bond donors (Lipinski definition) is 1. The number of carbonyl (C=O) groups is 1. The van der Waals surface area contributed by atoms with Gasteiger partial charge in [0.2, 0.25) is 5.89 Å². The molecule has 0 saturated carbocycles. The second kappa shape index (κ2) is 4.44. The fraction of sp³-hybridized carbons (Fsp3) is 0.667. The normalized spacial score (nSPS) is 23.4. The summed E-state index contributed by atoms with van der Waals surface area (Å²) < 4.78 is 28.2. The highest BCUT2D eigenvalue weighted by Gasteiger charge is 2.30. The predicted molar refractivity (Wildman–Crippen MR) is 56.4 cm³/mol. The molecule has 1 unspecified atom stereocenters. The van der Waals surface area contributed by atoms with Crippen LogP contribution in [0, 0.1) is 0 Å². The fourth-order valence-electron chi connectivity index (χ4n) is 1.87. The summed E-state index contributed by atoms with van der Waals surface area (Å²) in [6.45, 7) is 0. The van der Waals surface area contributed by atoms with E-state index in [0.717, 1.165) is 6.42 Å². The van der Waals surface area contributed by atoms with E-state index in [0.29, 0.717) is 12.8 Å². The number of hydrogen-bond acceptors (Lipinski definition) is 6. The molecule has 0 spiro atoms. The van der Waals surface area contributed by atoms with E-state index in [1.165, 1.54) is 0 Å². The molecule has 0 radical (unpaired) electrons. The van der Waals surface area contributed by atoms with E-state index in [4.69, 9.17) is 9.63 Å². The second-order valence-electron chi connectivity index (χ2n) is 4.01. The maximum Gasteiger partial charge on any atom is 0.377 e. The molecule has 2 heterocycles. The molecule has 8 heteroatoms. The van der Waals surface area contributed by atoms with Gasteiger partial charge in [0.05, 0.1) is 11.0 Å². The molecule has 2 rings (SSSR count). The average Bonchev–Trinajstić information content (AvgIpc) is 2.70. The van der Waals surface area contributed by atoms with Crippen LogP contribution in [-0.2, 0) is 16.3 Å². The minimum atomic E-state index is -3.11. The van der Waals surface area contributed by atoms with Crippen molar-refractivity contribution in [1.82, 2.24) is 10.1 Å². The SMILES string of the molecule is O=C(O)c1noc(CC2CCCCS2(=O)=O)n1. The second-order valence-corrected chi connectivity index (χ2v) is 6.41. The van der Waals surface area contributed by atoms with Crippen LogP contribution in [0.15, 0.2) is 4.52 Å². The number of rotatable bonds is 3. The van der Waals surface area contributed by atoms with Gasteiger partial charge in [-0.05, 0) is 18.0 Å². The van der Waals surface area contributed by atoms with Gasteiger partial charge >= 0.3 is 5.97 Å². The number of aromatic carboxylic acids is 1. The summed E-state index contributed by atoms with van der Waals surface area (Å²) >= 11 is 0. The number of nitrogens with zero attached hydrogens (tertiary/aromatic N) is 2. The van der Waals surface area contributed by atoms with Gasteiger partial charge in [-0.25, -0.2) is 13.2 Å². The van der Waals surface area contributed by atoms with Gasteiger partial charge in [-0.15, -0.1) is 0 Å². The Morgan fingerprint density at radius 1 is 1.47 bits per heavy atom. The Balaban J connectivity index is 2.11. The van der Waals surface area contributed by atoms with E-state index in [1.54, 1.807) is 0 Å². The van der Waals surface area contributed by atoms with Crippen LogP contribution in [-0.4, -0.2) is 40.6 Å². The average molecular weight is 260 g/mol. The summed E-state index contributed by atoms with van der Waals surface area (Å²) in [6.07, 6.45) is 2.20. The third-order valence-electron chi connectivity index (χ3n) is 2.77. The van der Waals surface area contributed by atoms with Crippen molar-refractivity contribution in [2.75, 3.05) is 5.75 Å². The lowest BCUT2D eigenvalue weighted by atomic mass is 10.1. The lowest BCUT2D eigenvalue weighted by molar-refractivity contribution is 0.0680. The number of aromatic nitrogens is 2. The van der Waals surface area contributed by atoms with Crippen LogP contribution in [0.25, 0.3) is 0 Å². The summed E-state index contributed by atoms with van der Waals surface area (Å²) in [4.78, 5) is 14.2. The van der Waals surface area contributed by atoms with Gasteiger partial charge in [-0.1, -0.05) is 6.42 Å². The Kier molecular flexibility index (Phi) is 3.14. The maximum atomic E-state index is 11.7. The highest BCUT2D eigenvalue weighted by molar-refractivity contribution is 7.92. The molecule has 17 heavy (non-hydrogen) atoms. The van der Waals surface area contributed by atoms with Crippen molar-refractivity contribution in [3.8, 4) is 0 Å². The standard InChI is InChI=1S/C9H12N2O5S/c12-9(13)8-10-7(16-11-8)5-6-3-1-2-4-17(6,14)15/h6H,1-5H2,(H,12,13). The lowest BCUT2D eigenvalue weighted by Crippen LogP contribution is -2.30. The third kappa shape index (κ3) is 2.63. The largest absolute Gasteiger partial charge is 0.475 e. The van der Waals surface area contributed by atoms with Crippen molar-refractivity contribution >= 4 is 15.8 Å². The van der Waals surface area contributed by atoms with Crippen molar-refractivity contribution in [1.29, 1.82) is 0 Å². The molecule has 1 N–H and O–H groups in total. The molecular weight excluding hydrogens is 248 g/mol. The molecule has 1 atom stereocenters. The molecule has 0 aliphatic carbocycles. The third-order valence-corrected chi connectivity index (χ3v) is 5.05. The topological polar surface area (TPSA) is 110 Å². The molecule has 1 saturated heterocycles. The van der Waals surface area contributed by atoms with E-state index in [2.05, 4.69) is 10.1 Å². The summed E-state index contributed by atoms with van der Waals surface area (Å²) in [5.74, 6) is -1.48. The highest BCUT2D eigenvalue weighted by atomic mass is 32.2. The Bertz CT molecular complexity index is 521. The van der Waals surface area contributed by atoms with Crippen molar-refractivity contribution in [3.05, 3.63) is 11.7 Å². The summed E-state index contributed by atoms with van der Waals surface area (Å²) in [7, 11) is -3.11. The fourth-order valence-corrected chi connectivity index (χ4v) is 3.73. The zero-order valence-electron chi connectivity index (χ0n) is 9.00. The number of sulfone groups is 1. The van der Waals surface area contributed by atoms with Crippen molar-refractivity contribution in [2.45, 2.75) is 30.9 Å². The van der Waals surface area contributed by atoms with Gasteiger partial charge in [-0.3, -0.25) is 0 Å². The predicted octanol–water partition coefficient (Wildman–Crippen LogP) is 0.278. The monoisotopic (exact) mass is 260 g/mol. The lowest BCUT2D eigenvalue weighted by Gasteiger charge is -2.20. The van der Waals surface area contributed by atoms with Gasteiger partial charge < -0.3 is 9.63 Å². The summed E-state index contributed by atoms with van der Waals surface area (Å²) in [6, 6.07) is 0. The summed E-state index contributed by atoms with van der Waals surface area (Å²) in [5.41, 5.74) is 0. The summed E-state index contributed by atoms with van der Waals surface area (Å²) in [5, 5.41) is 11.3. The first-order chi connectivity index (χ1) is 7.99. The van der Waals surface area contributed by atoms with E-state index in [1.807, 2.05) is 0 Å². The van der Waals surface area contributed by atoms with Crippen LogP contribution in [0.1, 0.15) is 35.8 Å². The minimum absolute atomic E-state index is 0.0675. The van der Waals surface area contributed by atoms with E-state index in [-0.39, 0.29) is 18.1 Å². The Hall–Kier alpha value is -1.44. The first kappa shape index (κ1) is 12.0. The number of carboxylic acid groups (broad SMARTS) is 1. The van der Waals surface area contributed by atoms with Crippen LogP contribution in [0.3, 0.4) is 0 Å². The smallest absolute Gasteiger partial charge is 0.377 e. The highest BCUT2D eigenvalue weighted by Crippen LogP contribution is 2.22. The molecule has 0 aromatic carbocycles. The molecule has 1 aliphatic heterocycles. The van der Waals surface area contributed by atoms with Gasteiger partial charge in [-0.2, -0.15) is 4.98 Å². The molecule has 1 aromatic rings. The van der Waals surface area contributed by atoms with Gasteiger partial charge in [0, 0.05) is 6.42 Å². The zero-order chi connectivity index (χ0) is 12.5. The van der Waals surface area contributed by atoms with Crippen molar-refractivity contribution < 1.29 is 22.8 Å². The minimum Gasteiger partial charge on any atom is -0.475 e. The van der Waals surface area contributed by atoms with Gasteiger partial charge in [0.15, 0.2) is 9.84 Å². The van der Waals surface area contributed by atoms with Crippen LogP contribution in [0.4, 0.5) is 0 Å². The zero-order valence-corrected chi connectivity index (χ0v) is 9.81. The Morgan fingerprint density at radius 3 is 2.82 bits per heavy atom. The molecule has 1 fully saturated rings. The molecule has 0 bridgehead atoms. The van der Waals surface area contributed by atoms with Crippen LogP contribution >= 0.6 is 0 Å². The Labute approximate surface area is 97.7 Å². The molecule has 7 nitrogen and oxygen atoms in total. The van der Waals surface area contributed by atoms with E-state index in [9.17, 15) is 13.2 Å². The van der Waals surface area contributed by atoms with Crippen LogP contribution < -0.4 is 0 Å². The van der Waals surface area contributed by atoms with Crippen molar-refractivity contribution in [3.63, 3.8) is 0 Å². The number of carboxylic acids is 1. The van der Waals surface area contributed by atoms with Crippen LogP contribution in [0.5, 0.6) is 0 Å². The maximum absolute atomic E-state index is 11.7. The first-order valence-corrected chi connectivity index (χ1v) is 6.98. The van der Waals surface area contributed by atoms with Gasteiger partial charge in [0.1, 0.15) is 0 Å². The molecule has 94 valence electrons. The molecular formula is C9H12N2O5S. The molecule has 1 aromatic heterocycles. The Morgan fingerprint density at radius 2 is 2.24 bits per heavy atom. The van der Waals surface area contributed by atoms with Crippen molar-refractivity contribution in [2.24, 2.45) is 0 Å². The van der Waals surface area contributed by atoms with Gasteiger partial charge in [0.25, 0.3) is 5.82 Å². The molecule has 1 aliphatic rings. The van der Waals surface area contributed by atoms with E-state index < -0.39 is 26.9 Å². The first-order valence-electron chi connectivity index (χ1n) is 5.26. The quantitative estimate of drug-likeness (QED) is 0.830. The van der Waals surface area contributed by atoms with E-state index >= 15 is 0 Å². The van der Waals surface area contributed by atoms with Crippen LogP contribution in [0.2, 0.25) is 0 Å². The molecule has 0 amide bonds.